The van der Waals surface area contributed by atoms with Gasteiger partial charge in [-0.05, 0) is 24.1 Å². The number of piperazine rings is 1. The van der Waals surface area contributed by atoms with Crippen LogP contribution in [0.25, 0.3) is 0 Å². The van der Waals surface area contributed by atoms with Gasteiger partial charge in [0.15, 0.2) is 0 Å². The van der Waals surface area contributed by atoms with Gasteiger partial charge in [0.05, 0.1) is 5.56 Å². The highest BCUT2D eigenvalue weighted by molar-refractivity contribution is 5.50. The van der Waals surface area contributed by atoms with Gasteiger partial charge in [-0.25, -0.2) is 4.39 Å². The first-order valence-corrected chi connectivity index (χ1v) is 6.77. The molecule has 1 heterocycles. The molecule has 0 bridgehead atoms. The molecule has 0 aliphatic carbocycles. The topological polar surface area (TPSA) is 30.3 Å². The van der Waals surface area contributed by atoms with Gasteiger partial charge in [-0.15, -0.1) is 0 Å². The van der Waals surface area contributed by atoms with Gasteiger partial charge in [-0.1, -0.05) is 13.8 Å². The van der Waals surface area contributed by atoms with E-state index in [1.165, 1.54) is 6.07 Å². The first kappa shape index (κ1) is 13.8. The van der Waals surface area contributed by atoms with Crippen LogP contribution in [0.5, 0.6) is 0 Å². The summed E-state index contributed by atoms with van der Waals surface area (Å²) in [5.41, 5.74) is 0.989. The summed E-state index contributed by atoms with van der Waals surface area (Å²) >= 11 is 0. The monoisotopic (exact) mass is 261 g/mol. The average molecular weight is 261 g/mol. The smallest absolute Gasteiger partial charge is 0.143 e. The third-order valence-electron chi connectivity index (χ3n) is 3.43. The zero-order chi connectivity index (χ0) is 13.8. The van der Waals surface area contributed by atoms with Gasteiger partial charge in [0, 0.05) is 38.4 Å². The lowest BCUT2D eigenvalue weighted by Gasteiger charge is -2.36. The molecule has 19 heavy (non-hydrogen) atoms. The van der Waals surface area contributed by atoms with Crippen LogP contribution in [-0.2, 0) is 0 Å². The van der Waals surface area contributed by atoms with Crippen molar-refractivity contribution < 1.29 is 4.39 Å². The Morgan fingerprint density at radius 2 is 1.95 bits per heavy atom. The zero-order valence-electron chi connectivity index (χ0n) is 11.6. The van der Waals surface area contributed by atoms with Crippen LogP contribution in [0.1, 0.15) is 19.4 Å². The molecule has 0 radical (unpaired) electrons. The fourth-order valence-electron chi connectivity index (χ4n) is 2.50. The molecule has 1 fully saturated rings. The van der Waals surface area contributed by atoms with Gasteiger partial charge < -0.3 is 4.90 Å². The van der Waals surface area contributed by atoms with Gasteiger partial charge >= 0.3 is 0 Å². The fourth-order valence-corrected chi connectivity index (χ4v) is 2.50. The number of anilines is 1. The molecule has 0 unspecified atom stereocenters. The first-order chi connectivity index (χ1) is 9.10. The second kappa shape index (κ2) is 6.03. The largest absolute Gasteiger partial charge is 0.369 e. The lowest BCUT2D eigenvalue weighted by molar-refractivity contribution is 0.231. The first-order valence-electron chi connectivity index (χ1n) is 6.77. The Kier molecular flexibility index (Phi) is 4.39. The molecule has 0 atom stereocenters. The van der Waals surface area contributed by atoms with Crippen LogP contribution < -0.4 is 4.90 Å². The minimum Gasteiger partial charge on any atom is -0.369 e. The average Bonchev–Trinajstić information content (AvgIpc) is 2.39. The molecule has 0 spiro atoms. The summed E-state index contributed by atoms with van der Waals surface area (Å²) in [6, 6.07) is 6.71. The second-order valence-corrected chi connectivity index (χ2v) is 5.46. The van der Waals surface area contributed by atoms with Gasteiger partial charge in [-0.2, -0.15) is 5.26 Å². The molecule has 3 nitrogen and oxygen atoms in total. The molecule has 2 rings (SSSR count). The molecule has 1 aliphatic rings. The standard InChI is InChI=1S/C15H20FN3/c1-12(2)11-18-5-7-19(8-6-18)14-4-3-13(10-17)15(16)9-14/h3-4,9,12H,5-8,11H2,1-2H3. The van der Waals surface area contributed by atoms with Crippen molar-refractivity contribution in [3.63, 3.8) is 0 Å². The molecule has 0 saturated carbocycles. The lowest BCUT2D eigenvalue weighted by Crippen LogP contribution is -2.47. The number of rotatable bonds is 3. The Bertz CT molecular complexity index is 471. The van der Waals surface area contributed by atoms with Gasteiger partial charge in [-0.3, -0.25) is 4.90 Å². The van der Waals surface area contributed by atoms with Crippen molar-refractivity contribution in [1.82, 2.24) is 4.90 Å². The summed E-state index contributed by atoms with van der Waals surface area (Å²) in [6.07, 6.45) is 0. The maximum atomic E-state index is 13.6. The molecule has 1 aromatic rings. The zero-order valence-corrected chi connectivity index (χ0v) is 11.6. The van der Waals surface area contributed by atoms with Crippen LogP contribution in [0.15, 0.2) is 18.2 Å². The van der Waals surface area contributed by atoms with Gasteiger partial charge in [0.25, 0.3) is 0 Å². The van der Waals surface area contributed by atoms with E-state index >= 15 is 0 Å². The molecule has 1 aliphatic heterocycles. The summed E-state index contributed by atoms with van der Waals surface area (Å²) in [5.74, 6) is 0.253. The number of nitriles is 1. The second-order valence-electron chi connectivity index (χ2n) is 5.46. The Labute approximate surface area is 114 Å². The van der Waals surface area contributed by atoms with E-state index in [9.17, 15) is 4.39 Å². The summed E-state index contributed by atoms with van der Waals surface area (Å²) in [5, 5.41) is 8.73. The Morgan fingerprint density at radius 1 is 1.26 bits per heavy atom. The molecular formula is C15H20FN3. The van der Waals surface area contributed by atoms with E-state index in [4.69, 9.17) is 5.26 Å². The van der Waals surface area contributed by atoms with E-state index in [-0.39, 0.29) is 5.56 Å². The van der Waals surface area contributed by atoms with Crippen LogP contribution in [0.2, 0.25) is 0 Å². The Hall–Kier alpha value is -1.60. The SMILES string of the molecule is CC(C)CN1CCN(c2ccc(C#N)c(F)c2)CC1. The maximum absolute atomic E-state index is 13.6. The highest BCUT2D eigenvalue weighted by Gasteiger charge is 2.18. The van der Waals surface area contributed by atoms with E-state index in [1.54, 1.807) is 6.07 Å². The minimum absolute atomic E-state index is 0.113. The summed E-state index contributed by atoms with van der Waals surface area (Å²) in [7, 11) is 0. The van der Waals surface area contributed by atoms with E-state index in [2.05, 4.69) is 23.6 Å². The quantitative estimate of drug-likeness (QED) is 0.837. The van der Waals surface area contributed by atoms with Crippen molar-refractivity contribution in [3.8, 4) is 6.07 Å². The van der Waals surface area contributed by atoms with Crippen molar-refractivity contribution in [2.75, 3.05) is 37.6 Å². The summed E-state index contributed by atoms with van der Waals surface area (Å²) in [6.45, 7) is 9.43. The fraction of sp³-hybridized carbons (Fsp3) is 0.533. The van der Waals surface area contributed by atoms with Crippen LogP contribution in [0, 0.1) is 23.1 Å². The predicted molar refractivity (Wildman–Crippen MR) is 74.6 cm³/mol. The van der Waals surface area contributed by atoms with Crippen molar-refractivity contribution in [2.45, 2.75) is 13.8 Å². The van der Waals surface area contributed by atoms with Gasteiger partial charge in [0.1, 0.15) is 11.9 Å². The Morgan fingerprint density at radius 3 is 2.47 bits per heavy atom. The molecule has 4 heteroatoms. The van der Waals surface area contributed by atoms with Crippen LogP contribution in [-0.4, -0.2) is 37.6 Å². The molecule has 1 aromatic carbocycles. The summed E-state index contributed by atoms with van der Waals surface area (Å²) < 4.78 is 13.6. The van der Waals surface area contributed by atoms with Crippen LogP contribution >= 0.6 is 0 Å². The van der Waals surface area contributed by atoms with E-state index in [1.807, 2.05) is 12.1 Å². The maximum Gasteiger partial charge on any atom is 0.143 e. The third-order valence-corrected chi connectivity index (χ3v) is 3.43. The van der Waals surface area contributed by atoms with Crippen molar-refractivity contribution >= 4 is 5.69 Å². The van der Waals surface area contributed by atoms with Gasteiger partial charge in [0.2, 0.25) is 0 Å². The van der Waals surface area contributed by atoms with Crippen molar-refractivity contribution in [1.29, 1.82) is 5.26 Å². The van der Waals surface area contributed by atoms with Crippen LogP contribution in [0.4, 0.5) is 10.1 Å². The number of benzene rings is 1. The Balaban J connectivity index is 1.98. The number of hydrogen-bond acceptors (Lipinski definition) is 3. The minimum atomic E-state index is -0.426. The molecule has 1 saturated heterocycles. The molecule has 102 valence electrons. The van der Waals surface area contributed by atoms with E-state index in [0.29, 0.717) is 5.92 Å². The lowest BCUT2D eigenvalue weighted by atomic mass is 10.1. The highest BCUT2D eigenvalue weighted by atomic mass is 19.1. The number of nitrogens with zero attached hydrogens (tertiary/aromatic N) is 3. The third kappa shape index (κ3) is 3.45. The van der Waals surface area contributed by atoms with Crippen LogP contribution in [0.3, 0.4) is 0 Å². The number of hydrogen-bond donors (Lipinski definition) is 0. The van der Waals surface area contributed by atoms with Crippen molar-refractivity contribution in [2.24, 2.45) is 5.92 Å². The molecule has 0 N–H and O–H groups in total. The normalized spacial score (nSPS) is 16.7. The van der Waals surface area contributed by atoms with E-state index < -0.39 is 5.82 Å². The van der Waals surface area contributed by atoms with Crippen molar-refractivity contribution in [3.05, 3.63) is 29.6 Å². The van der Waals surface area contributed by atoms with E-state index in [0.717, 1.165) is 38.4 Å². The highest BCUT2D eigenvalue weighted by Crippen LogP contribution is 2.20. The summed E-state index contributed by atoms with van der Waals surface area (Å²) in [4.78, 5) is 4.63. The predicted octanol–water partition coefficient (Wildman–Crippen LogP) is 2.48. The molecule has 0 aromatic heterocycles. The molecular weight excluding hydrogens is 241 g/mol. The molecule has 0 amide bonds. The number of halogens is 1.